The second kappa shape index (κ2) is 7.83. The number of pyridine rings is 1. The van der Waals surface area contributed by atoms with Crippen LogP contribution >= 0.6 is 11.8 Å². The Morgan fingerprint density at radius 2 is 1.82 bits per heavy atom. The van der Waals surface area contributed by atoms with Crippen molar-refractivity contribution in [2.75, 3.05) is 48.3 Å². The summed E-state index contributed by atoms with van der Waals surface area (Å²) in [5.41, 5.74) is 3.90. The Balaban J connectivity index is 1.44. The highest BCUT2D eigenvalue weighted by Crippen LogP contribution is 2.36. The van der Waals surface area contributed by atoms with Crippen LogP contribution in [0.1, 0.15) is 11.3 Å². The van der Waals surface area contributed by atoms with E-state index in [0.717, 1.165) is 35.1 Å². The van der Waals surface area contributed by atoms with Gasteiger partial charge >= 0.3 is 0 Å². The van der Waals surface area contributed by atoms with Crippen LogP contribution < -0.4 is 9.80 Å². The maximum atomic E-state index is 12.9. The fourth-order valence-electron chi connectivity index (χ4n) is 3.81. The number of fused-ring (bicyclic) bond motifs is 1. The van der Waals surface area contributed by atoms with Gasteiger partial charge in [-0.25, -0.2) is 4.98 Å². The molecule has 0 aliphatic carbocycles. The minimum atomic E-state index is -0.0254. The number of piperazine rings is 1. The Hall–Kier alpha value is -2.54. The number of benzene rings is 1. The minimum Gasteiger partial charge on any atom is -0.368 e. The molecule has 0 atom stereocenters. The van der Waals surface area contributed by atoms with Crippen molar-refractivity contribution < 1.29 is 9.59 Å². The normalized spacial score (nSPS) is 16.9. The predicted molar refractivity (Wildman–Crippen MR) is 112 cm³/mol. The molecule has 2 aromatic rings. The lowest BCUT2D eigenvalue weighted by molar-refractivity contribution is -0.131. The van der Waals surface area contributed by atoms with E-state index in [4.69, 9.17) is 0 Å². The summed E-state index contributed by atoms with van der Waals surface area (Å²) in [6, 6.07) is 12.2. The Bertz CT molecular complexity index is 895. The van der Waals surface area contributed by atoms with Gasteiger partial charge in [-0.15, -0.1) is 0 Å². The standard InChI is InChI=1S/C21H24N4O2S/c1-15-12-16(2)22-21-20(15)25(19(27)14-28-21)13-18(26)24-10-8-23(9-11-24)17-6-4-3-5-7-17/h3-7,12H,8-11,13-14H2,1-2H3. The zero-order chi connectivity index (χ0) is 19.7. The molecular weight excluding hydrogens is 372 g/mol. The van der Waals surface area contributed by atoms with Crippen LogP contribution in [0, 0.1) is 13.8 Å². The van der Waals surface area contributed by atoms with Crippen molar-refractivity contribution in [1.82, 2.24) is 9.88 Å². The SMILES string of the molecule is Cc1cc(C)c2c(n1)SCC(=O)N2CC(=O)N1CCN(c2ccccc2)CC1. The van der Waals surface area contributed by atoms with Crippen LogP contribution in [0.2, 0.25) is 0 Å². The summed E-state index contributed by atoms with van der Waals surface area (Å²) in [7, 11) is 0. The summed E-state index contributed by atoms with van der Waals surface area (Å²) in [6.07, 6.45) is 0. The molecule has 2 aliphatic heterocycles. The lowest BCUT2D eigenvalue weighted by atomic mass is 10.2. The number of rotatable bonds is 3. The molecular formula is C21H24N4O2S. The van der Waals surface area contributed by atoms with Gasteiger partial charge in [0.1, 0.15) is 11.6 Å². The van der Waals surface area contributed by atoms with Crippen molar-refractivity contribution >= 4 is 35.0 Å². The highest BCUT2D eigenvalue weighted by Gasteiger charge is 2.31. The average Bonchev–Trinajstić information content (AvgIpc) is 2.70. The number of carbonyl (C=O) groups is 2. The number of amides is 2. The Morgan fingerprint density at radius 1 is 1.11 bits per heavy atom. The van der Waals surface area contributed by atoms with Crippen molar-refractivity contribution in [2.45, 2.75) is 18.9 Å². The van der Waals surface area contributed by atoms with Crippen molar-refractivity contribution in [3.63, 3.8) is 0 Å². The molecule has 6 nitrogen and oxygen atoms in total. The first-order valence-electron chi connectivity index (χ1n) is 9.52. The number of aryl methyl sites for hydroxylation is 2. The lowest BCUT2D eigenvalue weighted by Gasteiger charge is -2.37. The Labute approximate surface area is 169 Å². The van der Waals surface area contributed by atoms with E-state index in [2.05, 4.69) is 22.0 Å². The summed E-state index contributed by atoms with van der Waals surface area (Å²) in [5, 5.41) is 0.846. The van der Waals surface area contributed by atoms with Gasteiger partial charge in [-0.1, -0.05) is 30.0 Å². The first-order valence-corrected chi connectivity index (χ1v) is 10.5. The van der Waals surface area contributed by atoms with E-state index >= 15 is 0 Å². The molecule has 1 aromatic heterocycles. The van der Waals surface area contributed by atoms with E-state index in [-0.39, 0.29) is 18.4 Å². The van der Waals surface area contributed by atoms with Gasteiger partial charge in [0, 0.05) is 37.6 Å². The molecule has 1 aromatic carbocycles. The summed E-state index contributed by atoms with van der Waals surface area (Å²) >= 11 is 1.46. The third-order valence-electron chi connectivity index (χ3n) is 5.23. The molecule has 7 heteroatoms. The average molecular weight is 397 g/mol. The van der Waals surface area contributed by atoms with Gasteiger partial charge in [-0.3, -0.25) is 14.5 Å². The van der Waals surface area contributed by atoms with Crippen molar-refractivity contribution in [3.8, 4) is 0 Å². The number of anilines is 2. The van der Waals surface area contributed by atoms with Crippen LogP contribution in [0.4, 0.5) is 11.4 Å². The van der Waals surface area contributed by atoms with Crippen LogP contribution in [-0.2, 0) is 9.59 Å². The van der Waals surface area contributed by atoms with Gasteiger partial charge in [-0.05, 0) is 37.6 Å². The number of thioether (sulfide) groups is 1. The van der Waals surface area contributed by atoms with E-state index in [0.29, 0.717) is 18.8 Å². The molecule has 146 valence electrons. The maximum Gasteiger partial charge on any atom is 0.242 e. The topological polar surface area (TPSA) is 56.8 Å². The van der Waals surface area contributed by atoms with Crippen LogP contribution in [0.5, 0.6) is 0 Å². The van der Waals surface area contributed by atoms with E-state index in [9.17, 15) is 9.59 Å². The third kappa shape index (κ3) is 3.71. The molecule has 0 saturated carbocycles. The third-order valence-corrected chi connectivity index (χ3v) is 6.18. The van der Waals surface area contributed by atoms with Crippen LogP contribution in [0.15, 0.2) is 41.4 Å². The van der Waals surface area contributed by atoms with Crippen molar-refractivity contribution in [3.05, 3.63) is 47.7 Å². The first-order chi connectivity index (χ1) is 13.5. The van der Waals surface area contributed by atoms with Gasteiger partial charge < -0.3 is 9.80 Å². The highest BCUT2D eigenvalue weighted by molar-refractivity contribution is 8.00. The van der Waals surface area contributed by atoms with Crippen LogP contribution in [-0.4, -0.2) is 60.2 Å². The number of hydrogen-bond donors (Lipinski definition) is 0. The highest BCUT2D eigenvalue weighted by atomic mass is 32.2. The molecule has 0 bridgehead atoms. The minimum absolute atomic E-state index is 0.00103. The fourth-order valence-corrected chi connectivity index (χ4v) is 4.85. The molecule has 28 heavy (non-hydrogen) atoms. The van der Waals surface area contributed by atoms with Gasteiger partial charge in [-0.2, -0.15) is 0 Å². The molecule has 0 spiro atoms. The monoisotopic (exact) mass is 396 g/mol. The fraction of sp³-hybridized carbons (Fsp3) is 0.381. The zero-order valence-corrected chi connectivity index (χ0v) is 17.0. The molecule has 3 heterocycles. The Kier molecular flexibility index (Phi) is 5.26. The number of para-hydroxylation sites is 1. The predicted octanol–water partition coefficient (Wildman–Crippen LogP) is 2.49. The van der Waals surface area contributed by atoms with Crippen LogP contribution in [0.25, 0.3) is 0 Å². The molecule has 0 unspecified atom stereocenters. The Morgan fingerprint density at radius 3 is 2.54 bits per heavy atom. The number of carbonyl (C=O) groups excluding carboxylic acids is 2. The molecule has 1 fully saturated rings. The summed E-state index contributed by atoms with van der Waals surface area (Å²) < 4.78 is 0. The maximum absolute atomic E-state index is 12.9. The largest absolute Gasteiger partial charge is 0.368 e. The van der Waals surface area contributed by atoms with Gasteiger partial charge in [0.05, 0.1) is 11.4 Å². The van der Waals surface area contributed by atoms with E-state index in [1.54, 1.807) is 4.90 Å². The van der Waals surface area contributed by atoms with Crippen molar-refractivity contribution in [1.29, 1.82) is 0 Å². The van der Waals surface area contributed by atoms with E-state index in [1.807, 2.05) is 43.0 Å². The molecule has 0 radical (unpaired) electrons. The summed E-state index contributed by atoms with van der Waals surface area (Å²) in [4.78, 5) is 35.8. The number of hydrogen-bond acceptors (Lipinski definition) is 5. The smallest absolute Gasteiger partial charge is 0.242 e. The second-order valence-corrected chi connectivity index (χ2v) is 8.17. The van der Waals surface area contributed by atoms with E-state index in [1.165, 1.54) is 17.4 Å². The number of nitrogens with zero attached hydrogens (tertiary/aromatic N) is 4. The van der Waals surface area contributed by atoms with Gasteiger partial charge in [0.2, 0.25) is 11.8 Å². The molecule has 0 N–H and O–H groups in total. The molecule has 4 rings (SSSR count). The number of aromatic nitrogens is 1. The lowest BCUT2D eigenvalue weighted by Crippen LogP contribution is -2.52. The van der Waals surface area contributed by atoms with Gasteiger partial charge in [0.15, 0.2) is 0 Å². The zero-order valence-electron chi connectivity index (χ0n) is 16.2. The summed E-state index contributed by atoms with van der Waals surface area (Å²) in [5.74, 6) is 0.305. The van der Waals surface area contributed by atoms with Crippen molar-refractivity contribution in [2.24, 2.45) is 0 Å². The quantitative estimate of drug-likeness (QED) is 0.798. The summed E-state index contributed by atoms with van der Waals surface area (Å²) in [6.45, 7) is 6.95. The molecule has 2 aliphatic rings. The second-order valence-electron chi connectivity index (χ2n) is 7.21. The first kappa shape index (κ1) is 18.8. The van der Waals surface area contributed by atoms with Gasteiger partial charge in [0.25, 0.3) is 0 Å². The van der Waals surface area contributed by atoms with Crippen LogP contribution in [0.3, 0.4) is 0 Å². The van der Waals surface area contributed by atoms with E-state index < -0.39 is 0 Å². The molecule has 2 amide bonds. The molecule has 1 saturated heterocycles.